The Morgan fingerprint density at radius 3 is 2.66 bits per heavy atom. The van der Waals surface area contributed by atoms with Crippen molar-refractivity contribution in [2.45, 2.75) is 26.2 Å². The third-order valence-corrected chi connectivity index (χ3v) is 4.98. The number of rotatable bonds is 4. The molecule has 1 amide bonds. The maximum Gasteiger partial charge on any atom is 0.267 e. The van der Waals surface area contributed by atoms with Crippen molar-refractivity contribution in [3.8, 4) is 11.4 Å². The van der Waals surface area contributed by atoms with Gasteiger partial charge in [0.25, 0.3) is 5.91 Å². The largest absolute Gasteiger partial charge is 0.338 e. The number of carbonyl (C=O) groups excluding carboxylic acids is 1. The Morgan fingerprint density at radius 1 is 1.17 bits per heavy atom. The van der Waals surface area contributed by atoms with Crippen molar-refractivity contribution in [1.29, 1.82) is 0 Å². The molecule has 0 saturated carbocycles. The van der Waals surface area contributed by atoms with Crippen molar-refractivity contribution >= 4 is 23.0 Å². The Balaban J connectivity index is 0.000000252. The van der Waals surface area contributed by atoms with Gasteiger partial charge >= 0.3 is 0 Å². The zero-order chi connectivity index (χ0) is 20.5. The van der Waals surface area contributed by atoms with Crippen LogP contribution in [-0.4, -0.2) is 45.6 Å². The molecule has 1 aromatic heterocycles. The molecule has 1 fully saturated rings. The molecular weight excluding hydrogens is 364 g/mol. The van der Waals surface area contributed by atoms with Gasteiger partial charge in [0.05, 0.1) is 11.0 Å². The molecule has 0 radical (unpaired) electrons. The number of carbonyl (C=O) groups is 1. The monoisotopic (exact) mass is 392 g/mol. The quantitative estimate of drug-likeness (QED) is 0.352. The van der Waals surface area contributed by atoms with E-state index in [1.165, 1.54) is 45.0 Å². The van der Waals surface area contributed by atoms with E-state index in [4.69, 9.17) is 5.21 Å². The van der Waals surface area contributed by atoms with Crippen LogP contribution < -0.4 is 5.48 Å². The minimum absolute atomic E-state index is 0.566. The van der Waals surface area contributed by atoms with Gasteiger partial charge in [-0.3, -0.25) is 10.0 Å². The molecule has 1 saturated heterocycles. The lowest BCUT2D eigenvalue weighted by atomic mass is 10.1. The first-order chi connectivity index (χ1) is 14.2. The summed E-state index contributed by atoms with van der Waals surface area (Å²) in [5.74, 6) is 0.210. The van der Waals surface area contributed by atoms with Crippen molar-refractivity contribution in [3.63, 3.8) is 0 Å². The van der Waals surface area contributed by atoms with E-state index >= 15 is 0 Å². The molecule has 3 N–H and O–H groups in total. The topological polar surface area (TPSA) is 81.2 Å². The van der Waals surface area contributed by atoms with Gasteiger partial charge in [-0.25, -0.2) is 10.5 Å². The SMILES string of the molecule is CCN1CCCCC1.O=C(/C=C/c1cccc(-c2nc3ccccc3[nH]2)c1)NO. The summed E-state index contributed by atoms with van der Waals surface area (Å²) >= 11 is 0. The number of hydrogen-bond acceptors (Lipinski definition) is 4. The van der Waals surface area contributed by atoms with Crippen LogP contribution in [0.25, 0.3) is 28.5 Å². The zero-order valence-electron chi connectivity index (χ0n) is 16.8. The number of piperidine rings is 1. The van der Waals surface area contributed by atoms with Crippen molar-refractivity contribution in [3.05, 3.63) is 60.2 Å². The van der Waals surface area contributed by atoms with E-state index in [0.717, 1.165) is 28.0 Å². The second kappa shape index (κ2) is 10.5. The van der Waals surface area contributed by atoms with Crippen LogP contribution in [0.5, 0.6) is 0 Å². The summed E-state index contributed by atoms with van der Waals surface area (Å²) in [7, 11) is 0. The Bertz CT molecular complexity index is 925. The van der Waals surface area contributed by atoms with Gasteiger partial charge < -0.3 is 9.88 Å². The number of aromatic nitrogens is 2. The standard InChI is InChI=1S/C16H13N3O2.C7H15N/c20-15(19-21)9-8-11-4-3-5-12(10-11)16-17-13-6-1-2-7-14(13)18-16;1-2-8-6-4-3-5-7-8/h1-10,21H,(H,17,18)(H,19,20);2-7H2,1H3/b9-8+;. The highest BCUT2D eigenvalue weighted by molar-refractivity contribution is 5.91. The first-order valence-electron chi connectivity index (χ1n) is 10.1. The molecular formula is C23H28N4O2. The Labute approximate surface area is 171 Å². The van der Waals surface area contributed by atoms with Crippen molar-refractivity contribution in [1.82, 2.24) is 20.3 Å². The molecule has 0 spiro atoms. The highest BCUT2D eigenvalue weighted by Crippen LogP contribution is 2.21. The third-order valence-electron chi connectivity index (χ3n) is 4.98. The van der Waals surface area contributed by atoms with Crippen LogP contribution in [0.3, 0.4) is 0 Å². The second-order valence-electron chi connectivity index (χ2n) is 7.03. The van der Waals surface area contributed by atoms with Gasteiger partial charge in [-0.15, -0.1) is 0 Å². The molecule has 1 aliphatic heterocycles. The van der Waals surface area contributed by atoms with Gasteiger partial charge in [-0.2, -0.15) is 0 Å². The van der Waals surface area contributed by atoms with Crippen LogP contribution >= 0.6 is 0 Å². The number of fused-ring (bicyclic) bond motifs is 1. The summed E-state index contributed by atoms with van der Waals surface area (Å²) in [6.45, 7) is 6.18. The van der Waals surface area contributed by atoms with Crippen LogP contribution in [0.4, 0.5) is 0 Å². The molecule has 6 heteroatoms. The number of aromatic amines is 1. The normalized spacial score (nSPS) is 14.6. The lowest BCUT2D eigenvalue weighted by Crippen LogP contribution is -2.29. The van der Waals surface area contributed by atoms with Crippen LogP contribution in [0, 0.1) is 0 Å². The Morgan fingerprint density at radius 2 is 1.97 bits per heavy atom. The first kappa shape index (κ1) is 20.8. The number of H-pyrrole nitrogens is 1. The summed E-state index contributed by atoms with van der Waals surface area (Å²) in [6.07, 6.45) is 7.19. The van der Waals surface area contributed by atoms with E-state index in [1.807, 2.05) is 48.5 Å². The minimum Gasteiger partial charge on any atom is -0.338 e. The van der Waals surface area contributed by atoms with Gasteiger partial charge in [0.1, 0.15) is 5.82 Å². The predicted molar refractivity (Wildman–Crippen MR) is 116 cm³/mol. The Hall–Kier alpha value is -2.96. The summed E-state index contributed by atoms with van der Waals surface area (Å²) < 4.78 is 0. The third kappa shape index (κ3) is 6.01. The molecule has 0 aliphatic carbocycles. The van der Waals surface area contributed by atoms with E-state index in [0.29, 0.717) is 0 Å². The highest BCUT2D eigenvalue weighted by atomic mass is 16.5. The predicted octanol–water partition coefficient (Wildman–Crippen LogP) is 4.24. The average Bonchev–Trinajstić information content (AvgIpc) is 3.23. The Kier molecular flexibility index (Phi) is 7.55. The average molecular weight is 393 g/mol. The van der Waals surface area contributed by atoms with E-state index < -0.39 is 5.91 Å². The second-order valence-corrected chi connectivity index (χ2v) is 7.03. The van der Waals surface area contributed by atoms with Gasteiger partial charge in [-0.1, -0.05) is 43.7 Å². The number of hydrogen-bond donors (Lipinski definition) is 3. The van der Waals surface area contributed by atoms with Crippen LogP contribution in [0.15, 0.2) is 54.6 Å². The molecule has 29 heavy (non-hydrogen) atoms. The maximum atomic E-state index is 11.0. The van der Waals surface area contributed by atoms with E-state index in [9.17, 15) is 4.79 Å². The number of para-hydroxylation sites is 2. The van der Waals surface area contributed by atoms with Crippen molar-refractivity contribution in [2.24, 2.45) is 0 Å². The van der Waals surface area contributed by atoms with Crippen molar-refractivity contribution in [2.75, 3.05) is 19.6 Å². The molecule has 2 aromatic carbocycles. The fourth-order valence-electron chi connectivity index (χ4n) is 3.36. The molecule has 0 bridgehead atoms. The summed E-state index contributed by atoms with van der Waals surface area (Å²) in [4.78, 5) is 21.3. The zero-order valence-corrected chi connectivity index (χ0v) is 16.8. The number of benzene rings is 2. The minimum atomic E-state index is -0.566. The maximum absolute atomic E-state index is 11.0. The van der Waals surface area contributed by atoms with Gasteiger partial charge in [0.15, 0.2) is 0 Å². The highest BCUT2D eigenvalue weighted by Gasteiger charge is 2.06. The number of imidazole rings is 1. The van der Waals surface area contributed by atoms with E-state index in [-0.39, 0.29) is 0 Å². The smallest absolute Gasteiger partial charge is 0.267 e. The summed E-state index contributed by atoms with van der Waals surface area (Å²) in [5, 5.41) is 8.46. The summed E-state index contributed by atoms with van der Waals surface area (Å²) in [6, 6.07) is 15.4. The lowest BCUT2D eigenvalue weighted by molar-refractivity contribution is -0.124. The molecule has 152 valence electrons. The lowest BCUT2D eigenvalue weighted by Gasteiger charge is -2.24. The molecule has 3 aromatic rings. The molecule has 0 atom stereocenters. The van der Waals surface area contributed by atoms with Gasteiger partial charge in [0.2, 0.25) is 0 Å². The number of amides is 1. The molecule has 2 heterocycles. The molecule has 6 nitrogen and oxygen atoms in total. The molecule has 1 aliphatic rings. The van der Waals surface area contributed by atoms with Gasteiger partial charge in [-0.05, 0) is 62.3 Å². The molecule has 0 unspecified atom stereocenters. The van der Waals surface area contributed by atoms with Crippen LogP contribution in [0.1, 0.15) is 31.7 Å². The van der Waals surface area contributed by atoms with E-state index in [2.05, 4.69) is 21.8 Å². The van der Waals surface area contributed by atoms with Gasteiger partial charge in [0, 0.05) is 11.6 Å². The number of likely N-dealkylation sites (tertiary alicyclic amines) is 1. The number of nitrogens with one attached hydrogen (secondary N) is 2. The van der Waals surface area contributed by atoms with E-state index in [1.54, 1.807) is 11.6 Å². The van der Waals surface area contributed by atoms with Crippen molar-refractivity contribution < 1.29 is 10.0 Å². The van der Waals surface area contributed by atoms with Crippen LogP contribution in [0.2, 0.25) is 0 Å². The first-order valence-corrected chi connectivity index (χ1v) is 10.1. The number of nitrogens with zero attached hydrogens (tertiary/aromatic N) is 2. The summed E-state index contributed by atoms with van der Waals surface area (Å²) in [5.41, 5.74) is 5.22. The number of hydroxylamine groups is 1. The fourth-order valence-corrected chi connectivity index (χ4v) is 3.36. The van der Waals surface area contributed by atoms with Crippen LogP contribution in [-0.2, 0) is 4.79 Å². The molecule has 4 rings (SSSR count). The fraction of sp³-hybridized carbons (Fsp3) is 0.304.